The molecule has 0 saturated heterocycles. The summed E-state index contributed by atoms with van der Waals surface area (Å²) in [5, 5.41) is 21.3. The summed E-state index contributed by atoms with van der Waals surface area (Å²) < 4.78 is 0. The van der Waals surface area contributed by atoms with Crippen LogP contribution in [-0.4, -0.2) is 31.2 Å². The smallest absolute Gasteiger partial charge is 0.320 e. The van der Waals surface area contributed by atoms with Crippen LogP contribution in [0.3, 0.4) is 0 Å². The molecule has 2 aromatic heterocycles. The lowest BCUT2D eigenvalue weighted by atomic mass is 10.2. The molecule has 2 N–H and O–H groups in total. The maximum Gasteiger partial charge on any atom is 0.320 e. The average Bonchev–Trinajstić information content (AvgIpc) is 2.89. The standard InChI is InChI=1S/C12H17N7O/c1-4-19-14-7-10(18-19)6-13-12(20)15-11-5-8(2)9(3)16-17-11/h5,7H,4,6H2,1-3H3,(H2,13,15,17,20). The molecule has 106 valence electrons. The van der Waals surface area contributed by atoms with Crippen LogP contribution in [-0.2, 0) is 13.1 Å². The number of hydrogen-bond acceptors (Lipinski definition) is 5. The number of nitrogens with zero attached hydrogens (tertiary/aromatic N) is 5. The lowest BCUT2D eigenvalue weighted by molar-refractivity contribution is 0.251. The van der Waals surface area contributed by atoms with E-state index in [1.807, 2.05) is 20.8 Å². The van der Waals surface area contributed by atoms with Crippen LogP contribution in [0.15, 0.2) is 12.3 Å². The topological polar surface area (TPSA) is 97.6 Å². The average molecular weight is 275 g/mol. The molecule has 8 heteroatoms. The monoisotopic (exact) mass is 275 g/mol. The van der Waals surface area contributed by atoms with Gasteiger partial charge in [0.15, 0.2) is 5.82 Å². The molecule has 0 aliphatic carbocycles. The van der Waals surface area contributed by atoms with Gasteiger partial charge in [0.05, 0.1) is 25.0 Å². The number of carbonyl (C=O) groups is 1. The quantitative estimate of drug-likeness (QED) is 0.868. The summed E-state index contributed by atoms with van der Waals surface area (Å²) in [5.41, 5.74) is 2.52. The molecular formula is C12H17N7O. The molecule has 0 saturated carbocycles. The van der Waals surface area contributed by atoms with Gasteiger partial charge >= 0.3 is 6.03 Å². The van der Waals surface area contributed by atoms with Gasteiger partial charge in [-0.05, 0) is 32.4 Å². The zero-order valence-electron chi connectivity index (χ0n) is 11.7. The van der Waals surface area contributed by atoms with Crippen molar-refractivity contribution in [3.63, 3.8) is 0 Å². The van der Waals surface area contributed by atoms with E-state index >= 15 is 0 Å². The Labute approximate surface area is 116 Å². The third-order valence-electron chi connectivity index (χ3n) is 2.77. The molecule has 8 nitrogen and oxygen atoms in total. The Morgan fingerprint density at radius 3 is 2.80 bits per heavy atom. The van der Waals surface area contributed by atoms with Crippen molar-refractivity contribution in [3.05, 3.63) is 29.2 Å². The minimum Gasteiger partial charge on any atom is -0.332 e. The molecule has 0 fully saturated rings. The fourth-order valence-electron chi connectivity index (χ4n) is 1.51. The minimum absolute atomic E-state index is 0.310. The molecule has 0 aliphatic rings. The van der Waals surface area contributed by atoms with Crippen molar-refractivity contribution in [1.82, 2.24) is 30.5 Å². The first kappa shape index (κ1) is 13.9. The van der Waals surface area contributed by atoms with E-state index in [2.05, 4.69) is 31.0 Å². The van der Waals surface area contributed by atoms with Gasteiger partial charge < -0.3 is 5.32 Å². The van der Waals surface area contributed by atoms with Crippen LogP contribution in [0, 0.1) is 13.8 Å². The highest BCUT2D eigenvalue weighted by molar-refractivity contribution is 5.88. The zero-order chi connectivity index (χ0) is 14.5. The first-order valence-corrected chi connectivity index (χ1v) is 6.33. The summed E-state index contributed by atoms with van der Waals surface area (Å²) in [6.45, 7) is 6.73. The van der Waals surface area contributed by atoms with E-state index in [9.17, 15) is 4.79 Å². The van der Waals surface area contributed by atoms with Crippen LogP contribution in [0.2, 0.25) is 0 Å². The lowest BCUT2D eigenvalue weighted by Crippen LogP contribution is -2.29. The second kappa shape index (κ2) is 6.09. The molecule has 0 bridgehead atoms. The van der Waals surface area contributed by atoms with Crippen LogP contribution in [0.25, 0.3) is 0 Å². The fraction of sp³-hybridized carbons (Fsp3) is 0.417. The van der Waals surface area contributed by atoms with Crippen molar-refractivity contribution < 1.29 is 4.79 Å². The predicted octanol–water partition coefficient (Wildman–Crippen LogP) is 1.03. The highest BCUT2D eigenvalue weighted by atomic mass is 16.2. The molecule has 2 aromatic rings. The molecule has 0 spiro atoms. The Morgan fingerprint density at radius 1 is 1.35 bits per heavy atom. The molecule has 2 rings (SSSR count). The Kier molecular flexibility index (Phi) is 4.24. The molecule has 2 heterocycles. The summed E-state index contributed by atoms with van der Waals surface area (Å²) in [6.07, 6.45) is 1.62. The van der Waals surface area contributed by atoms with E-state index in [1.54, 1.807) is 17.1 Å². The number of rotatable bonds is 4. The zero-order valence-corrected chi connectivity index (χ0v) is 11.7. The number of aryl methyl sites for hydroxylation is 3. The SMILES string of the molecule is CCn1ncc(CNC(=O)Nc2cc(C)c(C)nn2)n1. The molecule has 0 radical (unpaired) electrons. The Bertz CT molecular complexity index is 608. The van der Waals surface area contributed by atoms with Crippen molar-refractivity contribution in [1.29, 1.82) is 0 Å². The van der Waals surface area contributed by atoms with E-state index in [4.69, 9.17) is 0 Å². The number of amides is 2. The molecule has 2 amide bonds. The Balaban J connectivity index is 1.87. The third kappa shape index (κ3) is 3.50. The minimum atomic E-state index is -0.353. The number of urea groups is 1. The predicted molar refractivity (Wildman–Crippen MR) is 73.1 cm³/mol. The van der Waals surface area contributed by atoms with E-state index in [0.29, 0.717) is 24.6 Å². The van der Waals surface area contributed by atoms with Crippen LogP contribution in [0.1, 0.15) is 23.9 Å². The van der Waals surface area contributed by atoms with E-state index in [1.165, 1.54) is 0 Å². The van der Waals surface area contributed by atoms with Crippen molar-refractivity contribution >= 4 is 11.8 Å². The summed E-state index contributed by atoms with van der Waals surface area (Å²) in [4.78, 5) is 13.3. The second-order valence-electron chi connectivity index (χ2n) is 4.33. The summed E-state index contributed by atoms with van der Waals surface area (Å²) in [6, 6.07) is 1.42. The molecule has 0 aromatic carbocycles. The number of anilines is 1. The van der Waals surface area contributed by atoms with Gasteiger partial charge in [-0.2, -0.15) is 20.1 Å². The van der Waals surface area contributed by atoms with Crippen molar-refractivity contribution in [2.75, 3.05) is 5.32 Å². The Hall–Kier alpha value is -2.51. The van der Waals surface area contributed by atoms with E-state index in [0.717, 1.165) is 11.3 Å². The van der Waals surface area contributed by atoms with Gasteiger partial charge in [0, 0.05) is 0 Å². The highest BCUT2D eigenvalue weighted by Crippen LogP contribution is 2.07. The Morgan fingerprint density at radius 2 is 2.15 bits per heavy atom. The largest absolute Gasteiger partial charge is 0.332 e. The van der Waals surface area contributed by atoms with Gasteiger partial charge in [0.1, 0.15) is 5.69 Å². The van der Waals surface area contributed by atoms with Gasteiger partial charge in [0.25, 0.3) is 0 Å². The van der Waals surface area contributed by atoms with E-state index < -0.39 is 0 Å². The molecular weight excluding hydrogens is 258 g/mol. The lowest BCUT2D eigenvalue weighted by Gasteiger charge is -2.06. The van der Waals surface area contributed by atoms with Crippen LogP contribution < -0.4 is 10.6 Å². The van der Waals surface area contributed by atoms with Crippen LogP contribution in [0.4, 0.5) is 10.6 Å². The molecule has 20 heavy (non-hydrogen) atoms. The van der Waals surface area contributed by atoms with Crippen molar-refractivity contribution in [3.8, 4) is 0 Å². The molecule has 0 unspecified atom stereocenters. The maximum atomic E-state index is 11.7. The number of carbonyl (C=O) groups excluding carboxylic acids is 1. The first-order chi connectivity index (χ1) is 9.58. The van der Waals surface area contributed by atoms with E-state index in [-0.39, 0.29) is 6.03 Å². The summed E-state index contributed by atoms with van der Waals surface area (Å²) >= 11 is 0. The van der Waals surface area contributed by atoms with Crippen LogP contribution >= 0.6 is 0 Å². The van der Waals surface area contributed by atoms with Crippen molar-refractivity contribution in [2.24, 2.45) is 0 Å². The number of hydrogen-bond donors (Lipinski definition) is 2. The molecule has 0 aliphatic heterocycles. The normalized spacial score (nSPS) is 10.3. The number of nitrogens with one attached hydrogen (secondary N) is 2. The molecule has 0 atom stereocenters. The maximum absolute atomic E-state index is 11.7. The van der Waals surface area contributed by atoms with Crippen molar-refractivity contribution in [2.45, 2.75) is 33.9 Å². The van der Waals surface area contributed by atoms with Gasteiger partial charge in [-0.25, -0.2) is 4.79 Å². The second-order valence-corrected chi connectivity index (χ2v) is 4.33. The van der Waals surface area contributed by atoms with Crippen LogP contribution in [0.5, 0.6) is 0 Å². The third-order valence-corrected chi connectivity index (χ3v) is 2.77. The highest BCUT2D eigenvalue weighted by Gasteiger charge is 2.06. The van der Waals surface area contributed by atoms with Gasteiger partial charge in [0.2, 0.25) is 0 Å². The fourth-order valence-corrected chi connectivity index (χ4v) is 1.51. The number of aromatic nitrogens is 5. The van der Waals surface area contributed by atoms with Gasteiger partial charge in [-0.15, -0.1) is 5.10 Å². The summed E-state index contributed by atoms with van der Waals surface area (Å²) in [7, 11) is 0. The van der Waals surface area contributed by atoms with Gasteiger partial charge in [-0.1, -0.05) is 0 Å². The first-order valence-electron chi connectivity index (χ1n) is 6.33. The summed E-state index contributed by atoms with van der Waals surface area (Å²) in [5.74, 6) is 0.419. The van der Waals surface area contributed by atoms with Gasteiger partial charge in [-0.3, -0.25) is 5.32 Å².